The van der Waals surface area contributed by atoms with Crippen LogP contribution in [0.25, 0.3) is 17.4 Å². The molecule has 31 heavy (non-hydrogen) atoms. The van der Waals surface area contributed by atoms with Gasteiger partial charge in [0.05, 0.1) is 21.2 Å². The van der Waals surface area contributed by atoms with Gasteiger partial charge in [0.25, 0.3) is 5.91 Å². The van der Waals surface area contributed by atoms with Crippen molar-refractivity contribution >= 4 is 63.8 Å². The SMILES string of the molecule is CN(C1=NC(=O)/C(=C\c2ccc(-c3cc(Cl)ccc3Cl)o2)S1)c1ccccc1C(=O)O. The van der Waals surface area contributed by atoms with Crippen molar-refractivity contribution in [2.24, 2.45) is 4.99 Å². The minimum Gasteiger partial charge on any atom is -0.478 e. The largest absolute Gasteiger partial charge is 0.478 e. The molecule has 6 nitrogen and oxygen atoms in total. The number of aromatic carboxylic acids is 1. The van der Waals surface area contributed by atoms with E-state index in [0.717, 1.165) is 11.8 Å². The number of para-hydroxylation sites is 1. The fourth-order valence-electron chi connectivity index (χ4n) is 2.98. The molecule has 0 saturated heterocycles. The van der Waals surface area contributed by atoms with Crippen molar-refractivity contribution in [2.75, 3.05) is 11.9 Å². The molecule has 0 spiro atoms. The van der Waals surface area contributed by atoms with E-state index in [4.69, 9.17) is 27.6 Å². The van der Waals surface area contributed by atoms with E-state index in [-0.39, 0.29) is 5.56 Å². The number of hydrogen-bond acceptors (Lipinski definition) is 5. The smallest absolute Gasteiger partial charge is 0.337 e. The molecule has 1 aromatic heterocycles. The summed E-state index contributed by atoms with van der Waals surface area (Å²) in [7, 11) is 1.66. The zero-order chi connectivity index (χ0) is 22.1. The first-order valence-corrected chi connectivity index (χ1v) is 10.5. The predicted molar refractivity (Wildman–Crippen MR) is 124 cm³/mol. The van der Waals surface area contributed by atoms with E-state index < -0.39 is 11.9 Å². The Hall–Kier alpha value is -3.00. The Morgan fingerprint density at radius 1 is 1.16 bits per heavy atom. The highest BCUT2D eigenvalue weighted by atomic mass is 35.5. The van der Waals surface area contributed by atoms with Gasteiger partial charge in [-0.15, -0.1) is 0 Å². The number of carboxylic acid groups (broad SMARTS) is 1. The van der Waals surface area contributed by atoms with Gasteiger partial charge in [0.1, 0.15) is 11.5 Å². The maximum absolute atomic E-state index is 12.4. The van der Waals surface area contributed by atoms with E-state index in [1.807, 2.05) is 0 Å². The van der Waals surface area contributed by atoms with E-state index in [9.17, 15) is 14.7 Å². The van der Waals surface area contributed by atoms with Gasteiger partial charge in [0.15, 0.2) is 5.17 Å². The summed E-state index contributed by atoms with van der Waals surface area (Å²) < 4.78 is 5.82. The second-order valence-electron chi connectivity index (χ2n) is 6.52. The monoisotopic (exact) mass is 472 g/mol. The van der Waals surface area contributed by atoms with Crippen molar-refractivity contribution in [3.05, 3.63) is 80.9 Å². The Balaban J connectivity index is 1.57. The van der Waals surface area contributed by atoms with E-state index in [1.165, 1.54) is 6.07 Å². The summed E-state index contributed by atoms with van der Waals surface area (Å²) >= 11 is 13.4. The Labute approximate surface area is 191 Å². The van der Waals surface area contributed by atoms with Crippen LogP contribution in [0.1, 0.15) is 16.1 Å². The van der Waals surface area contributed by atoms with Crippen LogP contribution in [0.4, 0.5) is 5.69 Å². The van der Waals surface area contributed by atoms with Crippen LogP contribution < -0.4 is 4.90 Å². The molecule has 0 unspecified atom stereocenters. The number of furan rings is 1. The van der Waals surface area contributed by atoms with Crippen LogP contribution in [0, 0.1) is 0 Å². The number of thioether (sulfide) groups is 1. The van der Waals surface area contributed by atoms with Crippen molar-refractivity contribution in [3.8, 4) is 11.3 Å². The first kappa shape index (κ1) is 21.2. The number of carbonyl (C=O) groups excluding carboxylic acids is 1. The molecule has 1 amide bonds. The molecule has 0 atom stereocenters. The summed E-state index contributed by atoms with van der Waals surface area (Å²) in [6, 6.07) is 15.0. The molecule has 4 rings (SSSR count). The molecule has 1 aliphatic rings. The van der Waals surface area contributed by atoms with E-state index in [0.29, 0.717) is 42.9 Å². The van der Waals surface area contributed by atoms with Crippen LogP contribution in [-0.4, -0.2) is 29.2 Å². The van der Waals surface area contributed by atoms with Gasteiger partial charge >= 0.3 is 5.97 Å². The molecule has 0 fully saturated rings. The number of hydrogen-bond donors (Lipinski definition) is 1. The molecule has 2 aromatic carbocycles. The number of amidine groups is 1. The fourth-order valence-corrected chi connectivity index (χ4v) is 4.23. The fraction of sp³-hybridized carbons (Fsp3) is 0.0455. The highest BCUT2D eigenvalue weighted by molar-refractivity contribution is 8.18. The summed E-state index contributed by atoms with van der Waals surface area (Å²) in [6.07, 6.45) is 1.59. The van der Waals surface area contributed by atoms with Gasteiger partial charge in [-0.25, -0.2) is 4.79 Å². The average molecular weight is 473 g/mol. The summed E-state index contributed by atoms with van der Waals surface area (Å²) in [5, 5.41) is 10.8. The van der Waals surface area contributed by atoms with Crippen LogP contribution in [-0.2, 0) is 4.79 Å². The minimum atomic E-state index is -1.06. The van der Waals surface area contributed by atoms with Crippen molar-refractivity contribution in [3.63, 3.8) is 0 Å². The second kappa shape index (κ2) is 8.63. The highest BCUT2D eigenvalue weighted by Crippen LogP contribution is 2.35. The summed E-state index contributed by atoms with van der Waals surface area (Å²) in [6.45, 7) is 0. The van der Waals surface area contributed by atoms with Crippen LogP contribution in [0.3, 0.4) is 0 Å². The number of halogens is 2. The van der Waals surface area contributed by atoms with Crippen molar-refractivity contribution < 1.29 is 19.1 Å². The van der Waals surface area contributed by atoms with Gasteiger partial charge in [-0.3, -0.25) is 4.79 Å². The van der Waals surface area contributed by atoms with Crippen molar-refractivity contribution in [1.82, 2.24) is 0 Å². The van der Waals surface area contributed by atoms with Gasteiger partial charge < -0.3 is 14.4 Å². The van der Waals surface area contributed by atoms with Crippen LogP contribution in [0.5, 0.6) is 0 Å². The van der Waals surface area contributed by atoms with Crippen LogP contribution >= 0.6 is 35.0 Å². The number of rotatable bonds is 4. The lowest BCUT2D eigenvalue weighted by Crippen LogP contribution is -2.24. The number of carboxylic acids is 1. The van der Waals surface area contributed by atoms with Gasteiger partial charge in [-0.2, -0.15) is 4.99 Å². The van der Waals surface area contributed by atoms with Crippen LogP contribution in [0.2, 0.25) is 10.0 Å². The summed E-state index contributed by atoms with van der Waals surface area (Å²) in [5.41, 5.74) is 1.20. The molecule has 2 heterocycles. The highest BCUT2D eigenvalue weighted by Gasteiger charge is 2.27. The average Bonchev–Trinajstić information content (AvgIpc) is 3.36. The van der Waals surface area contributed by atoms with Gasteiger partial charge in [0, 0.05) is 23.7 Å². The molecule has 1 N–H and O–H groups in total. The minimum absolute atomic E-state index is 0.118. The summed E-state index contributed by atoms with van der Waals surface area (Å²) in [5.74, 6) is -0.523. The van der Waals surface area contributed by atoms with Gasteiger partial charge in [0.2, 0.25) is 0 Å². The van der Waals surface area contributed by atoms with Gasteiger partial charge in [-0.05, 0) is 54.2 Å². The third-order valence-corrected chi connectivity index (χ3v) is 6.11. The number of carbonyl (C=O) groups is 2. The number of benzene rings is 2. The van der Waals surface area contributed by atoms with Crippen molar-refractivity contribution in [1.29, 1.82) is 0 Å². The lowest BCUT2D eigenvalue weighted by Gasteiger charge is -2.19. The molecule has 0 radical (unpaired) electrons. The first-order valence-electron chi connectivity index (χ1n) is 8.97. The zero-order valence-corrected chi connectivity index (χ0v) is 18.3. The molecule has 1 aliphatic heterocycles. The maximum atomic E-state index is 12.4. The Bertz CT molecular complexity index is 1270. The molecular weight excluding hydrogens is 459 g/mol. The topological polar surface area (TPSA) is 83.1 Å². The molecule has 9 heteroatoms. The molecule has 0 bridgehead atoms. The van der Waals surface area contributed by atoms with E-state index >= 15 is 0 Å². The predicted octanol–water partition coefficient (Wildman–Crippen LogP) is 6.06. The quantitative estimate of drug-likeness (QED) is 0.464. The number of nitrogens with zero attached hydrogens (tertiary/aromatic N) is 2. The standard InChI is InChI=1S/C22H14Cl2N2O4S/c1-26(17-5-3-2-4-14(17)21(28)29)22-25-20(27)19(31-22)11-13-7-9-18(30-13)15-10-12(23)6-8-16(15)24/h2-11H,1H3,(H,28,29)/b19-11+. The lowest BCUT2D eigenvalue weighted by atomic mass is 10.1. The normalized spacial score (nSPS) is 14.7. The molecule has 0 saturated carbocycles. The summed E-state index contributed by atoms with van der Waals surface area (Å²) in [4.78, 5) is 29.9. The molecule has 0 aliphatic carbocycles. The number of anilines is 1. The van der Waals surface area contributed by atoms with Gasteiger partial charge in [-0.1, -0.05) is 35.3 Å². The lowest BCUT2D eigenvalue weighted by molar-refractivity contribution is -0.113. The van der Waals surface area contributed by atoms with E-state index in [1.54, 1.807) is 66.6 Å². The van der Waals surface area contributed by atoms with Crippen LogP contribution in [0.15, 0.2) is 68.9 Å². The molecular formula is C22H14Cl2N2O4S. The Morgan fingerprint density at radius 2 is 1.94 bits per heavy atom. The third kappa shape index (κ3) is 4.39. The number of aliphatic imine (C=N–C) groups is 1. The number of amides is 1. The Kier molecular flexibility index (Phi) is 5.91. The molecule has 3 aromatic rings. The third-order valence-electron chi connectivity index (χ3n) is 4.49. The van der Waals surface area contributed by atoms with E-state index in [2.05, 4.69) is 4.99 Å². The maximum Gasteiger partial charge on any atom is 0.337 e. The first-order chi connectivity index (χ1) is 14.8. The Morgan fingerprint density at radius 3 is 2.71 bits per heavy atom. The zero-order valence-electron chi connectivity index (χ0n) is 16.0. The van der Waals surface area contributed by atoms with Crippen molar-refractivity contribution in [2.45, 2.75) is 0 Å². The second-order valence-corrected chi connectivity index (χ2v) is 8.37. The molecule has 156 valence electrons.